The molecule has 1 aliphatic carbocycles. The van der Waals surface area contributed by atoms with Gasteiger partial charge in [0.1, 0.15) is 11.1 Å². The largest absolute Gasteiger partial charge is 0.477 e. The highest BCUT2D eigenvalue weighted by atomic mass is 79.9. The van der Waals surface area contributed by atoms with Gasteiger partial charge in [0.05, 0.1) is 5.52 Å². The summed E-state index contributed by atoms with van der Waals surface area (Å²) in [4.78, 5) is 28.3. The zero-order valence-corrected chi connectivity index (χ0v) is 17.0. The van der Waals surface area contributed by atoms with Crippen molar-refractivity contribution in [1.82, 2.24) is 9.55 Å². The summed E-state index contributed by atoms with van der Waals surface area (Å²) in [6, 6.07) is 10.2. The van der Waals surface area contributed by atoms with Crippen LogP contribution in [0.15, 0.2) is 52.0 Å². The van der Waals surface area contributed by atoms with Crippen molar-refractivity contribution in [2.24, 2.45) is 0 Å². The number of benzene rings is 1. The first-order valence-corrected chi connectivity index (χ1v) is 10.3. The Balaban J connectivity index is 1.84. The molecule has 2 aromatic heterocycles. The maximum Gasteiger partial charge on any atom is 0.341 e. The Labute approximate surface area is 171 Å². The van der Waals surface area contributed by atoms with Crippen LogP contribution < -0.4 is 5.43 Å². The third-order valence-electron chi connectivity index (χ3n) is 5.56. The molecule has 5 nitrogen and oxygen atoms in total. The number of hydrogen-bond donors (Lipinski definition) is 1. The number of pyridine rings is 2. The van der Waals surface area contributed by atoms with Gasteiger partial charge in [0.2, 0.25) is 5.43 Å². The van der Waals surface area contributed by atoms with Gasteiger partial charge in [-0.25, -0.2) is 9.78 Å². The number of carboxylic acid groups (broad SMARTS) is 1. The molecule has 1 aromatic carbocycles. The normalized spacial score (nSPS) is 15.0. The summed E-state index contributed by atoms with van der Waals surface area (Å²) < 4.78 is 2.58. The molecule has 1 N–H and O–H groups in total. The molecule has 0 bridgehead atoms. The van der Waals surface area contributed by atoms with Gasteiger partial charge in [-0.2, -0.15) is 0 Å². The predicted octanol–water partition coefficient (Wildman–Crippen LogP) is 4.95. The Morgan fingerprint density at radius 2 is 1.96 bits per heavy atom. The monoisotopic (exact) mass is 440 g/mol. The molecule has 4 rings (SSSR count). The third-order valence-corrected chi connectivity index (χ3v) is 5.99. The summed E-state index contributed by atoms with van der Waals surface area (Å²) in [5, 5.41) is 9.48. The molecule has 0 amide bonds. The number of nitrogens with zero attached hydrogens (tertiary/aromatic N) is 2. The average molecular weight is 441 g/mol. The van der Waals surface area contributed by atoms with Crippen LogP contribution in [0.1, 0.15) is 59.5 Å². The van der Waals surface area contributed by atoms with E-state index >= 15 is 0 Å². The van der Waals surface area contributed by atoms with Gasteiger partial charge in [-0.05, 0) is 51.9 Å². The summed E-state index contributed by atoms with van der Waals surface area (Å²) in [7, 11) is 0. The fourth-order valence-corrected chi connectivity index (χ4v) is 4.51. The first kappa shape index (κ1) is 18.9. The quantitative estimate of drug-likeness (QED) is 0.622. The predicted molar refractivity (Wildman–Crippen MR) is 112 cm³/mol. The van der Waals surface area contributed by atoms with Crippen LogP contribution in [0, 0.1) is 0 Å². The molecule has 0 aliphatic heterocycles. The van der Waals surface area contributed by atoms with Crippen LogP contribution in [0.25, 0.3) is 11.0 Å². The van der Waals surface area contributed by atoms with Gasteiger partial charge < -0.3 is 9.67 Å². The average Bonchev–Trinajstić information content (AvgIpc) is 2.71. The van der Waals surface area contributed by atoms with E-state index in [1.165, 1.54) is 50.1 Å². The van der Waals surface area contributed by atoms with E-state index in [1.807, 2.05) is 16.7 Å². The number of fused-ring (bicyclic) bond motifs is 1. The lowest BCUT2D eigenvalue weighted by Crippen LogP contribution is -2.20. The fraction of sp³-hybridized carbons (Fsp3) is 0.318. The zero-order chi connectivity index (χ0) is 19.7. The third kappa shape index (κ3) is 3.61. The van der Waals surface area contributed by atoms with Crippen LogP contribution in [0.2, 0.25) is 0 Å². The lowest BCUT2D eigenvalue weighted by Gasteiger charge is -2.25. The van der Waals surface area contributed by atoms with Gasteiger partial charge in [-0.1, -0.05) is 43.5 Å². The van der Waals surface area contributed by atoms with E-state index in [9.17, 15) is 14.7 Å². The number of hydrogen-bond acceptors (Lipinski definition) is 3. The summed E-state index contributed by atoms with van der Waals surface area (Å²) in [6.45, 7) is 0.502. The van der Waals surface area contributed by atoms with E-state index in [-0.39, 0.29) is 11.1 Å². The molecule has 0 spiro atoms. The van der Waals surface area contributed by atoms with Gasteiger partial charge in [0.15, 0.2) is 0 Å². The zero-order valence-electron chi connectivity index (χ0n) is 15.4. The minimum Gasteiger partial charge on any atom is -0.477 e. The molecule has 144 valence electrons. The lowest BCUT2D eigenvalue weighted by atomic mass is 9.82. The lowest BCUT2D eigenvalue weighted by molar-refractivity contribution is 0.0695. The second kappa shape index (κ2) is 7.87. The Hall–Kier alpha value is -2.47. The topological polar surface area (TPSA) is 72.2 Å². The van der Waals surface area contributed by atoms with E-state index in [1.54, 1.807) is 0 Å². The van der Waals surface area contributed by atoms with Crippen molar-refractivity contribution >= 4 is 32.9 Å². The molecule has 3 aromatic rings. The van der Waals surface area contributed by atoms with Crippen molar-refractivity contribution in [3.63, 3.8) is 0 Å². The van der Waals surface area contributed by atoms with Gasteiger partial charge in [-0.15, -0.1) is 0 Å². The maximum absolute atomic E-state index is 12.5. The van der Waals surface area contributed by atoms with Gasteiger partial charge >= 0.3 is 5.97 Å². The maximum atomic E-state index is 12.5. The second-order valence-electron chi connectivity index (χ2n) is 7.36. The Kier molecular flexibility index (Phi) is 5.31. The van der Waals surface area contributed by atoms with Crippen molar-refractivity contribution in [2.45, 2.75) is 44.6 Å². The smallest absolute Gasteiger partial charge is 0.341 e. The van der Waals surface area contributed by atoms with Crippen LogP contribution in [-0.2, 0) is 6.54 Å². The number of carbonyl (C=O) groups is 1. The summed E-state index contributed by atoms with van der Waals surface area (Å²) in [5.41, 5.74) is 2.50. The van der Waals surface area contributed by atoms with E-state index < -0.39 is 11.4 Å². The molecular weight excluding hydrogens is 420 g/mol. The molecule has 1 fully saturated rings. The summed E-state index contributed by atoms with van der Waals surface area (Å²) in [5.74, 6) is -0.690. The van der Waals surface area contributed by atoms with E-state index in [0.29, 0.717) is 18.0 Å². The van der Waals surface area contributed by atoms with Gasteiger partial charge in [0.25, 0.3) is 0 Å². The Morgan fingerprint density at radius 1 is 1.21 bits per heavy atom. The molecule has 28 heavy (non-hydrogen) atoms. The number of rotatable bonds is 4. The number of aromatic carboxylic acids is 1. The van der Waals surface area contributed by atoms with Crippen molar-refractivity contribution in [3.8, 4) is 0 Å². The van der Waals surface area contributed by atoms with Gasteiger partial charge in [-0.3, -0.25) is 4.79 Å². The van der Waals surface area contributed by atoms with Crippen molar-refractivity contribution in [1.29, 1.82) is 0 Å². The Bertz CT molecular complexity index is 1100. The van der Waals surface area contributed by atoms with Crippen LogP contribution >= 0.6 is 15.9 Å². The fourth-order valence-electron chi connectivity index (χ4n) is 4.19. The van der Waals surface area contributed by atoms with Crippen LogP contribution in [0.5, 0.6) is 0 Å². The summed E-state index contributed by atoms with van der Waals surface area (Å²) in [6.07, 6.45) is 9.14. The molecule has 0 unspecified atom stereocenters. The Morgan fingerprint density at radius 3 is 2.71 bits per heavy atom. The number of aromatic nitrogens is 2. The molecular formula is C22H21BrN2O3. The molecule has 1 saturated carbocycles. The SMILES string of the molecule is O=C(O)c1cn(Cc2ccccc2C2CCCCC2)c2cc(Br)cnc2c1=O. The molecule has 0 saturated heterocycles. The first-order chi connectivity index (χ1) is 13.5. The van der Waals surface area contributed by atoms with E-state index in [0.717, 1.165) is 10.0 Å². The minimum atomic E-state index is -1.23. The minimum absolute atomic E-state index is 0.179. The molecule has 1 aliphatic rings. The molecule has 6 heteroatoms. The molecule has 2 heterocycles. The highest BCUT2D eigenvalue weighted by Gasteiger charge is 2.20. The van der Waals surface area contributed by atoms with Crippen LogP contribution in [0.3, 0.4) is 0 Å². The van der Waals surface area contributed by atoms with E-state index in [4.69, 9.17) is 0 Å². The van der Waals surface area contributed by atoms with E-state index in [2.05, 4.69) is 39.1 Å². The number of carboxylic acids is 1. The molecule has 0 atom stereocenters. The first-order valence-electron chi connectivity index (χ1n) is 9.54. The van der Waals surface area contributed by atoms with Crippen molar-refractivity contribution < 1.29 is 9.90 Å². The summed E-state index contributed by atoms with van der Waals surface area (Å²) >= 11 is 3.41. The van der Waals surface area contributed by atoms with Crippen LogP contribution in [0.4, 0.5) is 0 Å². The highest BCUT2D eigenvalue weighted by Crippen LogP contribution is 2.34. The van der Waals surface area contributed by atoms with Gasteiger partial charge in [0, 0.05) is 23.4 Å². The van der Waals surface area contributed by atoms with Crippen LogP contribution in [-0.4, -0.2) is 20.6 Å². The molecule has 0 radical (unpaired) electrons. The van der Waals surface area contributed by atoms with Crippen molar-refractivity contribution in [2.75, 3.05) is 0 Å². The number of halogens is 1. The second-order valence-corrected chi connectivity index (χ2v) is 8.28. The van der Waals surface area contributed by atoms with Crippen molar-refractivity contribution in [3.05, 3.63) is 74.1 Å². The standard InChI is InChI=1S/C22H21BrN2O3/c23-16-10-19-20(24-11-16)21(26)18(22(27)28)13-25(19)12-15-8-4-5-9-17(15)14-6-2-1-3-7-14/h4-5,8-11,13-14H,1-3,6-7,12H2,(H,27,28). The highest BCUT2D eigenvalue weighted by molar-refractivity contribution is 9.10.